The molecule has 0 radical (unpaired) electrons. The van der Waals surface area contributed by atoms with Crippen molar-refractivity contribution in [2.24, 2.45) is 4.99 Å². The van der Waals surface area contributed by atoms with Gasteiger partial charge < -0.3 is 5.32 Å². The Labute approximate surface area is 127 Å². The first kappa shape index (κ1) is 14.1. The average Bonchev–Trinajstić information content (AvgIpc) is 2.41. The van der Waals surface area contributed by atoms with Crippen LogP contribution in [0.25, 0.3) is 0 Å². The van der Waals surface area contributed by atoms with Crippen LogP contribution in [0, 0.1) is 0 Å². The van der Waals surface area contributed by atoms with E-state index in [1.165, 1.54) is 5.56 Å². The molecule has 0 aromatic heterocycles. The minimum Gasteiger partial charge on any atom is -0.344 e. The molecule has 0 amide bonds. The van der Waals surface area contributed by atoms with E-state index in [1.807, 2.05) is 30.3 Å². The monoisotopic (exact) mass is 336 g/mol. The molecule has 2 aromatic carbocycles. The molecule has 1 aliphatic rings. The Morgan fingerprint density at radius 2 is 1.68 bits per heavy atom. The molecule has 1 N–H and O–H groups in total. The molecule has 1 heterocycles. The van der Waals surface area contributed by atoms with E-state index in [2.05, 4.69) is 44.4 Å². The van der Waals surface area contributed by atoms with Gasteiger partial charge in [-0.2, -0.15) is 0 Å². The normalized spacial score (nSPS) is 13.0. The maximum atomic E-state index is 4.66. The summed E-state index contributed by atoms with van der Waals surface area (Å²) < 4.78 is 1.09. The van der Waals surface area contributed by atoms with Crippen molar-refractivity contribution in [2.45, 2.75) is 12.8 Å². The predicted molar refractivity (Wildman–Crippen MR) is 86.9 cm³/mol. The van der Waals surface area contributed by atoms with Crippen molar-refractivity contribution in [3.05, 3.63) is 58.6 Å². The number of amidine groups is 1. The van der Waals surface area contributed by atoms with Crippen LogP contribution in [0.4, 0.5) is 11.4 Å². The lowest BCUT2D eigenvalue weighted by Crippen LogP contribution is -2.15. The van der Waals surface area contributed by atoms with Crippen molar-refractivity contribution in [3.8, 4) is 0 Å². The number of hydrogen-bond donors (Lipinski definition) is 1. The van der Waals surface area contributed by atoms with Crippen LogP contribution >= 0.6 is 28.3 Å². The fourth-order valence-electron chi connectivity index (χ4n) is 2.08. The number of para-hydroxylation sites is 1. The Morgan fingerprint density at radius 3 is 2.47 bits per heavy atom. The number of nitrogens with zero attached hydrogens (tertiary/aromatic N) is 1. The molecular formula is C15H14BrClN2. The van der Waals surface area contributed by atoms with Crippen LogP contribution in [-0.2, 0) is 6.42 Å². The third kappa shape index (κ3) is 3.37. The van der Waals surface area contributed by atoms with Gasteiger partial charge in [0.1, 0.15) is 5.84 Å². The Balaban J connectivity index is 0.00000133. The molecular weight excluding hydrogens is 324 g/mol. The molecule has 3 rings (SSSR count). The first-order valence-electron chi connectivity index (χ1n) is 5.99. The highest BCUT2D eigenvalue weighted by molar-refractivity contribution is 9.10. The molecule has 19 heavy (non-hydrogen) atoms. The number of anilines is 1. The summed E-state index contributed by atoms with van der Waals surface area (Å²) in [5.74, 6) is 1.04. The fraction of sp³-hybridized carbons (Fsp3) is 0.133. The highest BCUT2D eigenvalue weighted by Gasteiger charge is 2.11. The van der Waals surface area contributed by atoms with Gasteiger partial charge >= 0.3 is 0 Å². The number of benzene rings is 2. The van der Waals surface area contributed by atoms with Crippen LogP contribution < -0.4 is 5.32 Å². The third-order valence-corrected chi connectivity index (χ3v) is 3.54. The number of hydrogen-bond acceptors (Lipinski definition) is 2. The number of aryl methyl sites for hydroxylation is 1. The molecule has 1 aliphatic heterocycles. The Hall–Kier alpha value is -1.32. The van der Waals surface area contributed by atoms with Gasteiger partial charge in [0.25, 0.3) is 0 Å². The molecule has 0 bridgehead atoms. The second-order valence-electron chi connectivity index (χ2n) is 4.32. The van der Waals surface area contributed by atoms with Gasteiger partial charge in [-0.3, -0.25) is 0 Å². The summed E-state index contributed by atoms with van der Waals surface area (Å²) in [6, 6.07) is 16.5. The van der Waals surface area contributed by atoms with Crippen molar-refractivity contribution in [3.63, 3.8) is 0 Å². The molecule has 0 saturated carbocycles. The summed E-state index contributed by atoms with van der Waals surface area (Å²) in [5.41, 5.74) is 3.50. The molecule has 0 unspecified atom stereocenters. The number of aliphatic imine (C=N–C) groups is 1. The lowest BCUT2D eigenvalue weighted by Gasteiger charge is -2.16. The third-order valence-electron chi connectivity index (χ3n) is 3.01. The molecule has 4 heteroatoms. The smallest absolute Gasteiger partial charge is 0.107 e. The van der Waals surface area contributed by atoms with Crippen LogP contribution in [0.15, 0.2) is 58.0 Å². The van der Waals surface area contributed by atoms with Gasteiger partial charge in [-0.25, -0.2) is 4.99 Å². The maximum absolute atomic E-state index is 4.66. The first-order valence-corrected chi connectivity index (χ1v) is 6.79. The SMILES string of the molecule is Brc1ccc(NC2=Nc3ccccc3CC2)cc1.Cl. The summed E-state index contributed by atoms with van der Waals surface area (Å²) in [5, 5.41) is 3.38. The van der Waals surface area contributed by atoms with Crippen LogP contribution in [0.1, 0.15) is 12.0 Å². The Kier molecular flexibility index (Phi) is 4.61. The lowest BCUT2D eigenvalue weighted by molar-refractivity contribution is 1.00. The quantitative estimate of drug-likeness (QED) is 0.781. The maximum Gasteiger partial charge on any atom is 0.107 e. The Bertz CT molecular complexity index is 593. The van der Waals surface area contributed by atoms with Crippen LogP contribution in [-0.4, -0.2) is 5.84 Å². The van der Waals surface area contributed by atoms with Crippen LogP contribution in [0.5, 0.6) is 0 Å². The van der Waals surface area contributed by atoms with Crippen molar-refractivity contribution < 1.29 is 0 Å². The average molecular weight is 338 g/mol. The second-order valence-corrected chi connectivity index (χ2v) is 5.23. The summed E-state index contributed by atoms with van der Waals surface area (Å²) >= 11 is 3.43. The summed E-state index contributed by atoms with van der Waals surface area (Å²) in [7, 11) is 0. The van der Waals surface area contributed by atoms with Gasteiger partial charge in [-0.1, -0.05) is 34.1 Å². The van der Waals surface area contributed by atoms with E-state index in [0.717, 1.165) is 34.5 Å². The fourth-order valence-corrected chi connectivity index (χ4v) is 2.34. The minimum absolute atomic E-state index is 0. The van der Waals surface area contributed by atoms with Gasteiger partial charge in [0.2, 0.25) is 0 Å². The largest absolute Gasteiger partial charge is 0.344 e. The van der Waals surface area contributed by atoms with Gasteiger partial charge in [-0.15, -0.1) is 12.4 Å². The molecule has 2 aromatic rings. The topological polar surface area (TPSA) is 24.4 Å². The zero-order valence-electron chi connectivity index (χ0n) is 10.3. The molecule has 0 atom stereocenters. The van der Waals surface area contributed by atoms with Gasteiger partial charge in [0, 0.05) is 16.6 Å². The van der Waals surface area contributed by atoms with Gasteiger partial charge in [0.05, 0.1) is 5.69 Å². The molecule has 0 fully saturated rings. The zero-order valence-corrected chi connectivity index (χ0v) is 12.7. The van der Waals surface area contributed by atoms with E-state index in [1.54, 1.807) is 0 Å². The zero-order chi connectivity index (χ0) is 12.4. The lowest BCUT2D eigenvalue weighted by atomic mass is 10.0. The van der Waals surface area contributed by atoms with Gasteiger partial charge in [-0.05, 0) is 42.3 Å². The standard InChI is InChI=1S/C15H13BrN2.ClH/c16-12-6-8-13(9-7-12)17-15-10-5-11-3-1-2-4-14(11)18-15;/h1-4,6-9H,5,10H2,(H,17,18);1H. The molecule has 0 saturated heterocycles. The van der Waals surface area contributed by atoms with Crippen molar-refractivity contribution >= 4 is 45.5 Å². The minimum atomic E-state index is 0. The predicted octanol–water partition coefficient (Wildman–Crippen LogP) is 4.96. The molecule has 98 valence electrons. The molecule has 0 spiro atoms. The van der Waals surface area contributed by atoms with Crippen molar-refractivity contribution in [1.29, 1.82) is 0 Å². The van der Waals surface area contributed by atoms with E-state index in [0.29, 0.717) is 0 Å². The number of fused-ring (bicyclic) bond motifs is 1. The van der Waals surface area contributed by atoms with Crippen molar-refractivity contribution in [1.82, 2.24) is 0 Å². The van der Waals surface area contributed by atoms with E-state index >= 15 is 0 Å². The van der Waals surface area contributed by atoms with Gasteiger partial charge in [0.15, 0.2) is 0 Å². The van der Waals surface area contributed by atoms with E-state index in [9.17, 15) is 0 Å². The first-order chi connectivity index (χ1) is 8.81. The van der Waals surface area contributed by atoms with Crippen molar-refractivity contribution in [2.75, 3.05) is 5.32 Å². The number of halogens is 2. The highest BCUT2D eigenvalue weighted by atomic mass is 79.9. The summed E-state index contributed by atoms with van der Waals surface area (Å²) in [4.78, 5) is 4.66. The van der Waals surface area contributed by atoms with Crippen LogP contribution in [0.2, 0.25) is 0 Å². The van der Waals surface area contributed by atoms with E-state index < -0.39 is 0 Å². The van der Waals surface area contributed by atoms with E-state index in [-0.39, 0.29) is 12.4 Å². The van der Waals surface area contributed by atoms with Crippen LogP contribution in [0.3, 0.4) is 0 Å². The summed E-state index contributed by atoms with van der Waals surface area (Å²) in [6.45, 7) is 0. The molecule has 0 aliphatic carbocycles. The number of nitrogens with one attached hydrogen (secondary N) is 1. The second kappa shape index (κ2) is 6.22. The number of rotatable bonds is 1. The summed E-state index contributed by atoms with van der Waals surface area (Å²) in [6.07, 6.45) is 2.02. The molecule has 2 nitrogen and oxygen atoms in total. The Morgan fingerprint density at radius 1 is 0.947 bits per heavy atom. The van der Waals surface area contributed by atoms with E-state index in [4.69, 9.17) is 0 Å². The highest BCUT2D eigenvalue weighted by Crippen LogP contribution is 2.25.